The molecule has 33 heavy (non-hydrogen) atoms. The Kier molecular flexibility index (Phi) is 5.53. The normalized spacial score (nSPS) is 14.5. The fraction of sp³-hybridized carbons (Fsp3) is 0.250. The quantitative estimate of drug-likeness (QED) is 0.386. The molecule has 9 heteroatoms. The molecule has 168 valence electrons. The molecule has 3 aromatic heterocycles. The number of hydrogen-bond acceptors (Lipinski definition) is 6. The Balaban J connectivity index is 1.50. The van der Waals surface area contributed by atoms with Crippen molar-refractivity contribution in [1.29, 1.82) is 0 Å². The average molecular weight is 451 g/mol. The number of rotatable bonds is 4. The van der Waals surface area contributed by atoms with Crippen LogP contribution in [0.2, 0.25) is 0 Å². The van der Waals surface area contributed by atoms with Crippen LogP contribution in [0.15, 0.2) is 61.1 Å². The molecule has 1 fully saturated rings. The Hall–Kier alpha value is -3.75. The molecule has 6 nitrogen and oxygen atoms in total. The Morgan fingerprint density at radius 3 is 2.55 bits per heavy atom. The molecule has 5 rings (SSSR count). The van der Waals surface area contributed by atoms with Gasteiger partial charge >= 0.3 is 6.18 Å². The van der Waals surface area contributed by atoms with E-state index in [-0.39, 0.29) is 11.7 Å². The highest BCUT2D eigenvalue weighted by Crippen LogP contribution is 2.36. The number of pyridine rings is 2. The molecular weight excluding hydrogens is 431 g/mol. The van der Waals surface area contributed by atoms with Gasteiger partial charge in [-0.15, -0.1) is 0 Å². The van der Waals surface area contributed by atoms with Crippen LogP contribution in [0.5, 0.6) is 11.6 Å². The third kappa shape index (κ3) is 4.57. The lowest BCUT2D eigenvalue weighted by atomic mass is 10.1. The van der Waals surface area contributed by atoms with Gasteiger partial charge < -0.3 is 9.64 Å². The van der Waals surface area contributed by atoms with Crippen molar-refractivity contribution in [3.8, 4) is 22.9 Å². The van der Waals surface area contributed by atoms with Gasteiger partial charge in [0, 0.05) is 42.4 Å². The van der Waals surface area contributed by atoms with Gasteiger partial charge in [-0.05, 0) is 49.6 Å². The molecule has 1 aromatic carbocycles. The van der Waals surface area contributed by atoms with Gasteiger partial charge in [-0.2, -0.15) is 13.2 Å². The summed E-state index contributed by atoms with van der Waals surface area (Å²) in [6, 6.07) is 13.3. The second-order valence-electron chi connectivity index (χ2n) is 7.81. The Labute approximate surface area is 188 Å². The number of ether oxygens (including phenoxy) is 1. The topological polar surface area (TPSA) is 64.0 Å². The highest BCUT2D eigenvalue weighted by atomic mass is 19.4. The lowest BCUT2D eigenvalue weighted by Gasteiger charge is -2.29. The van der Waals surface area contributed by atoms with E-state index >= 15 is 0 Å². The molecule has 0 atom stereocenters. The summed E-state index contributed by atoms with van der Waals surface area (Å²) < 4.78 is 46.0. The first-order chi connectivity index (χ1) is 16.0. The van der Waals surface area contributed by atoms with E-state index in [2.05, 4.69) is 19.9 Å². The number of nitrogens with zero attached hydrogens (tertiary/aromatic N) is 5. The van der Waals surface area contributed by atoms with Gasteiger partial charge in [0.05, 0.1) is 11.2 Å². The van der Waals surface area contributed by atoms with Crippen LogP contribution in [0.4, 0.5) is 19.0 Å². The molecule has 0 amide bonds. The third-order valence-electron chi connectivity index (χ3n) is 5.54. The average Bonchev–Trinajstić information content (AvgIpc) is 2.84. The largest absolute Gasteiger partial charge is 0.439 e. The molecular formula is C24H20F3N5O. The maximum Gasteiger partial charge on any atom is 0.433 e. The van der Waals surface area contributed by atoms with Crippen LogP contribution in [-0.2, 0) is 6.18 Å². The van der Waals surface area contributed by atoms with Crippen LogP contribution < -0.4 is 9.64 Å². The zero-order valence-electron chi connectivity index (χ0n) is 17.6. The van der Waals surface area contributed by atoms with Crippen molar-refractivity contribution < 1.29 is 17.9 Å². The summed E-state index contributed by atoms with van der Waals surface area (Å²) in [5.41, 5.74) is 0.822. The number of alkyl halides is 3. The molecule has 1 aliphatic heterocycles. The van der Waals surface area contributed by atoms with Crippen LogP contribution in [0.25, 0.3) is 22.2 Å². The van der Waals surface area contributed by atoms with Gasteiger partial charge in [0.2, 0.25) is 5.88 Å². The number of halogens is 3. The highest BCUT2D eigenvalue weighted by molar-refractivity contribution is 5.80. The second-order valence-corrected chi connectivity index (χ2v) is 7.81. The highest BCUT2D eigenvalue weighted by Gasteiger charge is 2.34. The van der Waals surface area contributed by atoms with E-state index in [1.807, 2.05) is 29.2 Å². The van der Waals surface area contributed by atoms with Gasteiger partial charge in [-0.3, -0.25) is 4.98 Å². The van der Waals surface area contributed by atoms with Crippen LogP contribution >= 0.6 is 0 Å². The summed E-state index contributed by atoms with van der Waals surface area (Å²) in [4.78, 5) is 18.7. The first kappa shape index (κ1) is 21.1. The van der Waals surface area contributed by atoms with Crippen LogP contribution in [0, 0.1) is 0 Å². The first-order valence-corrected chi connectivity index (χ1v) is 10.7. The number of aromatic nitrogens is 4. The summed E-state index contributed by atoms with van der Waals surface area (Å²) >= 11 is 0. The molecule has 0 N–H and O–H groups in total. The van der Waals surface area contributed by atoms with Crippen molar-refractivity contribution in [3.63, 3.8) is 0 Å². The van der Waals surface area contributed by atoms with Gasteiger partial charge in [0.15, 0.2) is 0 Å². The molecule has 0 bridgehead atoms. The Morgan fingerprint density at radius 2 is 1.73 bits per heavy atom. The Bertz CT molecular complexity index is 1290. The van der Waals surface area contributed by atoms with Crippen molar-refractivity contribution >= 4 is 16.7 Å². The van der Waals surface area contributed by atoms with Gasteiger partial charge in [0.25, 0.3) is 0 Å². The maximum absolute atomic E-state index is 13.4. The third-order valence-corrected chi connectivity index (χ3v) is 5.54. The van der Waals surface area contributed by atoms with E-state index in [9.17, 15) is 13.2 Å². The maximum atomic E-state index is 13.4. The molecule has 0 radical (unpaired) electrons. The zero-order valence-corrected chi connectivity index (χ0v) is 17.6. The SMILES string of the molecule is FC(F)(F)c1ccc(-c2cc(Oc3ccc4cccnc4c3)ncn2)c(N2CCCCC2)n1. The van der Waals surface area contributed by atoms with Crippen LogP contribution in [0.1, 0.15) is 25.0 Å². The fourth-order valence-corrected chi connectivity index (χ4v) is 3.93. The number of hydrogen-bond donors (Lipinski definition) is 0. The van der Waals surface area contributed by atoms with Crippen molar-refractivity contribution in [2.45, 2.75) is 25.4 Å². The van der Waals surface area contributed by atoms with E-state index in [0.717, 1.165) is 36.2 Å². The lowest BCUT2D eigenvalue weighted by Crippen LogP contribution is -2.31. The minimum atomic E-state index is -4.52. The molecule has 1 saturated heterocycles. The van der Waals surface area contributed by atoms with Crippen molar-refractivity contribution in [2.24, 2.45) is 0 Å². The molecule has 0 saturated carbocycles. The van der Waals surface area contributed by atoms with Gasteiger partial charge in [-0.25, -0.2) is 15.0 Å². The standard InChI is InChI=1S/C24H20F3N5O/c25-24(26,27)21-9-8-18(23(31-21)32-11-2-1-3-12-32)20-14-22(30-15-29-20)33-17-7-6-16-5-4-10-28-19(16)13-17/h4-10,13-15H,1-3,11-12H2. The summed E-state index contributed by atoms with van der Waals surface area (Å²) in [6.07, 6.45) is 1.39. The van der Waals surface area contributed by atoms with Crippen LogP contribution in [0.3, 0.4) is 0 Å². The molecule has 4 heterocycles. The zero-order chi connectivity index (χ0) is 22.8. The van der Waals surface area contributed by atoms with E-state index in [0.29, 0.717) is 30.1 Å². The molecule has 0 spiro atoms. The molecule has 4 aromatic rings. The minimum absolute atomic E-state index is 0.278. The van der Waals surface area contributed by atoms with E-state index < -0.39 is 11.9 Å². The van der Waals surface area contributed by atoms with Gasteiger partial charge in [0.1, 0.15) is 23.6 Å². The van der Waals surface area contributed by atoms with Crippen molar-refractivity contribution in [1.82, 2.24) is 19.9 Å². The number of anilines is 1. The smallest absolute Gasteiger partial charge is 0.433 e. The van der Waals surface area contributed by atoms with E-state index in [1.54, 1.807) is 18.3 Å². The summed E-state index contributed by atoms with van der Waals surface area (Å²) in [5, 5.41) is 0.982. The lowest BCUT2D eigenvalue weighted by molar-refractivity contribution is -0.141. The van der Waals surface area contributed by atoms with Crippen molar-refractivity contribution in [2.75, 3.05) is 18.0 Å². The van der Waals surface area contributed by atoms with Gasteiger partial charge in [-0.1, -0.05) is 6.07 Å². The Morgan fingerprint density at radius 1 is 0.879 bits per heavy atom. The number of fused-ring (bicyclic) bond motifs is 1. The fourth-order valence-electron chi connectivity index (χ4n) is 3.93. The predicted molar refractivity (Wildman–Crippen MR) is 118 cm³/mol. The van der Waals surface area contributed by atoms with Crippen LogP contribution in [-0.4, -0.2) is 33.0 Å². The monoisotopic (exact) mass is 451 g/mol. The van der Waals surface area contributed by atoms with E-state index in [4.69, 9.17) is 4.74 Å². The molecule has 1 aliphatic rings. The minimum Gasteiger partial charge on any atom is -0.439 e. The summed E-state index contributed by atoms with van der Waals surface area (Å²) in [6.45, 7) is 1.31. The van der Waals surface area contributed by atoms with Crippen molar-refractivity contribution in [3.05, 3.63) is 66.7 Å². The molecule has 0 aliphatic carbocycles. The van der Waals surface area contributed by atoms with E-state index in [1.165, 1.54) is 12.4 Å². The molecule has 0 unspecified atom stereocenters. The number of benzene rings is 1. The second kappa shape index (κ2) is 8.65. The summed E-state index contributed by atoms with van der Waals surface area (Å²) in [5.74, 6) is 1.11. The predicted octanol–water partition coefficient (Wildman–Crippen LogP) is 5.89. The first-order valence-electron chi connectivity index (χ1n) is 10.7. The summed E-state index contributed by atoms with van der Waals surface area (Å²) in [7, 11) is 0. The number of piperidine rings is 1.